The highest BCUT2D eigenvalue weighted by Gasteiger charge is 2.46. The molecule has 0 spiro atoms. The Hall–Kier alpha value is -1.92. The van der Waals surface area contributed by atoms with Crippen molar-refractivity contribution in [3.63, 3.8) is 0 Å². The number of halogens is 3. The molecule has 1 aliphatic heterocycles. The van der Waals surface area contributed by atoms with Gasteiger partial charge in [-0.15, -0.1) is 8.78 Å². The Balaban J connectivity index is 2.60. The summed E-state index contributed by atoms with van der Waals surface area (Å²) in [6, 6.07) is 1.59. The van der Waals surface area contributed by atoms with Crippen LogP contribution in [0.1, 0.15) is 10.4 Å². The van der Waals surface area contributed by atoms with Gasteiger partial charge in [0.2, 0.25) is 0 Å². The summed E-state index contributed by atoms with van der Waals surface area (Å²) in [7, 11) is 0. The molecule has 2 rings (SSSR count). The van der Waals surface area contributed by atoms with Crippen molar-refractivity contribution in [2.45, 2.75) is 6.29 Å². The molecule has 15 heavy (non-hydrogen) atoms. The third-order valence-electron chi connectivity index (χ3n) is 1.73. The van der Waals surface area contributed by atoms with E-state index in [9.17, 15) is 18.0 Å². The van der Waals surface area contributed by atoms with Crippen molar-refractivity contribution >= 4 is 5.97 Å². The molecule has 0 saturated heterocycles. The third kappa shape index (κ3) is 1.45. The zero-order chi connectivity index (χ0) is 11.2. The van der Waals surface area contributed by atoms with Crippen molar-refractivity contribution in [1.82, 2.24) is 0 Å². The van der Waals surface area contributed by atoms with Crippen LogP contribution in [0.2, 0.25) is 0 Å². The van der Waals surface area contributed by atoms with Crippen LogP contribution in [-0.2, 0) is 0 Å². The fraction of sp³-hybridized carbons (Fsp3) is 0.125. The minimum absolute atomic E-state index is 0.501. The summed E-state index contributed by atoms with van der Waals surface area (Å²) in [5, 5.41) is 8.58. The van der Waals surface area contributed by atoms with E-state index >= 15 is 0 Å². The highest BCUT2D eigenvalue weighted by molar-refractivity contribution is 5.92. The molecule has 4 nitrogen and oxygen atoms in total. The lowest BCUT2D eigenvalue weighted by Crippen LogP contribution is -2.26. The average molecular weight is 220 g/mol. The Morgan fingerprint density at radius 1 is 1.33 bits per heavy atom. The Kier molecular flexibility index (Phi) is 1.79. The van der Waals surface area contributed by atoms with Crippen LogP contribution in [0, 0.1) is 5.82 Å². The van der Waals surface area contributed by atoms with Crippen molar-refractivity contribution in [2.24, 2.45) is 0 Å². The first-order valence-electron chi connectivity index (χ1n) is 3.72. The Bertz CT molecular complexity index is 444. The maximum atomic E-state index is 13.0. The fourth-order valence-electron chi connectivity index (χ4n) is 1.19. The van der Waals surface area contributed by atoms with Crippen molar-refractivity contribution in [3.8, 4) is 11.5 Å². The first-order chi connectivity index (χ1) is 6.91. The number of rotatable bonds is 1. The summed E-state index contributed by atoms with van der Waals surface area (Å²) in [4.78, 5) is 10.6. The van der Waals surface area contributed by atoms with E-state index < -0.39 is 35.1 Å². The molecule has 1 N–H and O–H groups in total. The van der Waals surface area contributed by atoms with Gasteiger partial charge < -0.3 is 14.6 Å². The second-order valence-electron chi connectivity index (χ2n) is 2.72. The molecule has 0 amide bonds. The lowest BCUT2D eigenvalue weighted by molar-refractivity contribution is -0.286. The quantitative estimate of drug-likeness (QED) is 0.784. The molecule has 0 atom stereocenters. The number of carbonyl (C=O) groups is 1. The number of carboxylic acid groups (broad SMARTS) is 1. The zero-order valence-corrected chi connectivity index (χ0v) is 6.96. The number of hydrogen-bond acceptors (Lipinski definition) is 3. The van der Waals surface area contributed by atoms with Crippen LogP contribution < -0.4 is 9.47 Å². The van der Waals surface area contributed by atoms with Crippen LogP contribution in [0.25, 0.3) is 0 Å². The molecule has 0 unspecified atom stereocenters. The monoisotopic (exact) mass is 220 g/mol. The molecule has 0 radical (unpaired) electrons. The maximum absolute atomic E-state index is 13.0. The third-order valence-corrected chi connectivity index (χ3v) is 1.73. The van der Waals surface area contributed by atoms with E-state index in [4.69, 9.17) is 5.11 Å². The molecule has 80 valence electrons. The molecule has 1 aromatic carbocycles. The van der Waals surface area contributed by atoms with Gasteiger partial charge in [-0.05, 0) is 12.1 Å². The van der Waals surface area contributed by atoms with Gasteiger partial charge in [-0.25, -0.2) is 9.18 Å². The van der Waals surface area contributed by atoms with E-state index in [2.05, 4.69) is 9.47 Å². The maximum Gasteiger partial charge on any atom is 0.586 e. The predicted molar refractivity (Wildman–Crippen MR) is 39.6 cm³/mol. The van der Waals surface area contributed by atoms with Crippen LogP contribution in [0.5, 0.6) is 11.5 Å². The van der Waals surface area contributed by atoms with E-state index in [0.717, 1.165) is 6.07 Å². The lowest BCUT2D eigenvalue weighted by Gasteiger charge is -2.05. The summed E-state index contributed by atoms with van der Waals surface area (Å²) in [6.45, 7) is 0. The molecule has 0 saturated carbocycles. The molecule has 0 fully saturated rings. The van der Waals surface area contributed by atoms with Gasteiger partial charge in [-0.3, -0.25) is 0 Å². The van der Waals surface area contributed by atoms with Crippen LogP contribution in [0.4, 0.5) is 13.2 Å². The normalized spacial score (nSPS) is 16.5. The van der Waals surface area contributed by atoms with E-state index in [1.807, 2.05) is 0 Å². The molecule has 1 aromatic rings. The number of carboxylic acids is 1. The predicted octanol–water partition coefficient (Wildman–Crippen LogP) is 1.85. The molecule has 7 heteroatoms. The van der Waals surface area contributed by atoms with Gasteiger partial charge in [-0.1, -0.05) is 0 Å². The average Bonchev–Trinajstić information content (AvgIpc) is 2.37. The van der Waals surface area contributed by atoms with Crippen LogP contribution in [-0.4, -0.2) is 17.4 Å². The van der Waals surface area contributed by atoms with Crippen LogP contribution >= 0.6 is 0 Å². The molecule has 0 bridgehead atoms. The van der Waals surface area contributed by atoms with Crippen molar-refractivity contribution in [3.05, 3.63) is 23.5 Å². The molecule has 0 aromatic heterocycles. The van der Waals surface area contributed by atoms with Gasteiger partial charge >= 0.3 is 12.3 Å². The second kappa shape index (κ2) is 2.78. The SMILES string of the molecule is O=C(O)c1c(F)ccc2c1OC(F)(F)O2. The van der Waals surface area contributed by atoms with E-state index in [0.29, 0.717) is 6.07 Å². The Morgan fingerprint density at radius 3 is 2.60 bits per heavy atom. The second-order valence-corrected chi connectivity index (χ2v) is 2.72. The van der Waals surface area contributed by atoms with Gasteiger partial charge in [0.1, 0.15) is 11.4 Å². The minimum Gasteiger partial charge on any atom is -0.477 e. The van der Waals surface area contributed by atoms with Crippen LogP contribution in [0.15, 0.2) is 12.1 Å². The number of alkyl halides is 2. The van der Waals surface area contributed by atoms with Gasteiger partial charge in [0.15, 0.2) is 11.5 Å². The smallest absolute Gasteiger partial charge is 0.477 e. The van der Waals surface area contributed by atoms with Gasteiger partial charge in [0.05, 0.1) is 0 Å². The topological polar surface area (TPSA) is 55.8 Å². The number of ether oxygens (including phenoxy) is 2. The fourth-order valence-corrected chi connectivity index (χ4v) is 1.19. The highest BCUT2D eigenvalue weighted by atomic mass is 19.3. The van der Waals surface area contributed by atoms with Crippen LogP contribution in [0.3, 0.4) is 0 Å². The van der Waals surface area contributed by atoms with E-state index in [1.54, 1.807) is 0 Å². The number of fused-ring (bicyclic) bond motifs is 1. The highest BCUT2D eigenvalue weighted by Crippen LogP contribution is 2.44. The number of benzene rings is 1. The van der Waals surface area contributed by atoms with Crippen molar-refractivity contribution in [1.29, 1.82) is 0 Å². The first-order valence-corrected chi connectivity index (χ1v) is 3.72. The van der Waals surface area contributed by atoms with E-state index in [-0.39, 0.29) is 0 Å². The Morgan fingerprint density at radius 2 is 2.00 bits per heavy atom. The first kappa shape index (κ1) is 9.63. The van der Waals surface area contributed by atoms with E-state index in [1.165, 1.54) is 0 Å². The molecular formula is C8H3F3O4. The zero-order valence-electron chi connectivity index (χ0n) is 6.96. The summed E-state index contributed by atoms with van der Waals surface area (Å²) in [6.07, 6.45) is -3.96. The summed E-state index contributed by atoms with van der Waals surface area (Å²) < 4.78 is 45.9. The Labute approximate surface area is 80.8 Å². The lowest BCUT2D eigenvalue weighted by atomic mass is 10.2. The largest absolute Gasteiger partial charge is 0.586 e. The van der Waals surface area contributed by atoms with Gasteiger partial charge in [-0.2, -0.15) is 0 Å². The summed E-state index contributed by atoms with van der Waals surface area (Å²) in [5.74, 6) is -4.17. The minimum atomic E-state index is -3.96. The van der Waals surface area contributed by atoms with Gasteiger partial charge in [0.25, 0.3) is 0 Å². The van der Waals surface area contributed by atoms with Crippen molar-refractivity contribution < 1.29 is 32.5 Å². The molecule has 0 aliphatic carbocycles. The molecule has 1 heterocycles. The summed E-state index contributed by atoms with van der Waals surface area (Å²) in [5.41, 5.74) is -0.968. The number of hydrogen-bond donors (Lipinski definition) is 1. The molecular weight excluding hydrogens is 217 g/mol. The number of aromatic carboxylic acids is 1. The van der Waals surface area contributed by atoms with Gasteiger partial charge in [0, 0.05) is 0 Å². The summed E-state index contributed by atoms with van der Waals surface area (Å²) >= 11 is 0. The van der Waals surface area contributed by atoms with Crippen molar-refractivity contribution in [2.75, 3.05) is 0 Å². The molecule has 1 aliphatic rings. The standard InChI is InChI=1S/C8H3F3O4/c9-3-1-2-4-6(5(3)7(12)13)15-8(10,11)14-4/h1-2H,(H,12,13).